The fraction of sp³-hybridized carbons (Fsp3) is 0.556. The Labute approximate surface area is 147 Å². The SMILES string of the molecule is CC(=O)N(CCc1ccc(F)cc1)CC(=O)NCCN1CCOCC1. The summed E-state index contributed by atoms with van der Waals surface area (Å²) in [6, 6.07) is 6.17. The molecule has 0 spiro atoms. The third-order valence-corrected chi connectivity index (χ3v) is 4.22. The number of amides is 2. The van der Waals surface area contributed by atoms with Crippen molar-refractivity contribution >= 4 is 11.8 Å². The van der Waals surface area contributed by atoms with Crippen LogP contribution < -0.4 is 5.32 Å². The summed E-state index contributed by atoms with van der Waals surface area (Å²) in [6.07, 6.45) is 0.584. The van der Waals surface area contributed by atoms with Crippen LogP contribution in [0.2, 0.25) is 0 Å². The summed E-state index contributed by atoms with van der Waals surface area (Å²) in [5.41, 5.74) is 0.931. The fourth-order valence-corrected chi connectivity index (χ4v) is 2.67. The molecule has 0 unspecified atom stereocenters. The highest BCUT2D eigenvalue weighted by Gasteiger charge is 2.14. The number of hydrogen-bond donors (Lipinski definition) is 1. The smallest absolute Gasteiger partial charge is 0.239 e. The van der Waals surface area contributed by atoms with Crippen LogP contribution in [0.25, 0.3) is 0 Å². The number of ether oxygens (including phenoxy) is 1. The molecule has 1 aromatic carbocycles. The van der Waals surface area contributed by atoms with Crippen LogP contribution in [0.15, 0.2) is 24.3 Å². The van der Waals surface area contributed by atoms with Gasteiger partial charge in [-0.1, -0.05) is 12.1 Å². The molecule has 7 heteroatoms. The summed E-state index contributed by atoms with van der Waals surface area (Å²) < 4.78 is 18.2. The summed E-state index contributed by atoms with van der Waals surface area (Å²) in [7, 11) is 0. The van der Waals surface area contributed by atoms with Gasteiger partial charge in [-0.2, -0.15) is 0 Å². The maximum Gasteiger partial charge on any atom is 0.239 e. The van der Waals surface area contributed by atoms with Crippen LogP contribution in [0.4, 0.5) is 4.39 Å². The minimum absolute atomic E-state index is 0.0413. The van der Waals surface area contributed by atoms with Crippen molar-refractivity contribution in [2.24, 2.45) is 0 Å². The highest BCUT2D eigenvalue weighted by Crippen LogP contribution is 2.05. The van der Waals surface area contributed by atoms with Gasteiger partial charge in [0.15, 0.2) is 0 Å². The van der Waals surface area contributed by atoms with E-state index >= 15 is 0 Å². The third-order valence-electron chi connectivity index (χ3n) is 4.22. The first kappa shape index (κ1) is 19.3. The zero-order valence-electron chi connectivity index (χ0n) is 14.7. The average molecular weight is 351 g/mol. The molecule has 1 N–H and O–H groups in total. The second kappa shape index (κ2) is 10.1. The predicted molar refractivity (Wildman–Crippen MR) is 92.6 cm³/mol. The maximum absolute atomic E-state index is 12.9. The first-order valence-corrected chi connectivity index (χ1v) is 8.61. The second-order valence-electron chi connectivity index (χ2n) is 6.12. The summed E-state index contributed by atoms with van der Waals surface area (Å²) in [4.78, 5) is 27.5. The Bertz CT molecular complexity index is 559. The lowest BCUT2D eigenvalue weighted by Crippen LogP contribution is -2.44. The Morgan fingerprint density at radius 2 is 1.92 bits per heavy atom. The van der Waals surface area contributed by atoms with Crippen molar-refractivity contribution in [3.63, 3.8) is 0 Å². The van der Waals surface area contributed by atoms with E-state index in [0.29, 0.717) is 19.5 Å². The molecule has 0 saturated carbocycles. The van der Waals surface area contributed by atoms with E-state index in [2.05, 4.69) is 10.2 Å². The molecule has 1 aliphatic heterocycles. The van der Waals surface area contributed by atoms with Crippen LogP contribution in [0.3, 0.4) is 0 Å². The molecule has 2 amide bonds. The minimum Gasteiger partial charge on any atom is -0.379 e. The van der Waals surface area contributed by atoms with Crippen molar-refractivity contribution in [1.82, 2.24) is 15.1 Å². The van der Waals surface area contributed by atoms with Gasteiger partial charge >= 0.3 is 0 Å². The summed E-state index contributed by atoms with van der Waals surface area (Å²) in [5.74, 6) is -0.597. The molecule has 2 rings (SSSR count). The lowest BCUT2D eigenvalue weighted by molar-refractivity contribution is -0.134. The molecule has 0 aliphatic carbocycles. The number of carbonyl (C=O) groups is 2. The van der Waals surface area contributed by atoms with E-state index in [0.717, 1.165) is 38.4 Å². The minimum atomic E-state index is -0.285. The van der Waals surface area contributed by atoms with Gasteiger partial charge in [-0.25, -0.2) is 4.39 Å². The lowest BCUT2D eigenvalue weighted by Gasteiger charge is -2.26. The van der Waals surface area contributed by atoms with Gasteiger partial charge in [0, 0.05) is 39.6 Å². The Balaban J connectivity index is 1.70. The Kier molecular flexibility index (Phi) is 7.81. The average Bonchev–Trinajstić information content (AvgIpc) is 2.60. The van der Waals surface area contributed by atoms with Crippen molar-refractivity contribution in [3.8, 4) is 0 Å². The van der Waals surface area contributed by atoms with Gasteiger partial charge < -0.3 is 15.0 Å². The van der Waals surface area contributed by atoms with Crippen LogP contribution in [0, 0.1) is 5.82 Å². The van der Waals surface area contributed by atoms with Crippen molar-refractivity contribution < 1.29 is 18.7 Å². The molecule has 0 atom stereocenters. The molecule has 25 heavy (non-hydrogen) atoms. The fourth-order valence-electron chi connectivity index (χ4n) is 2.67. The van der Waals surface area contributed by atoms with Gasteiger partial charge in [0.25, 0.3) is 0 Å². The second-order valence-corrected chi connectivity index (χ2v) is 6.12. The molecular formula is C18H26FN3O3. The van der Waals surface area contributed by atoms with Crippen molar-refractivity contribution in [2.45, 2.75) is 13.3 Å². The van der Waals surface area contributed by atoms with E-state index < -0.39 is 0 Å². The molecule has 6 nitrogen and oxygen atoms in total. The van der Waals surface area contributed by atoms with Gasteiger partial charge in [0.1, 0.15) is 5.82 Å². The highest BCUT2D eigenvalue weighted by molar-refractivity contribution is 5.83. The first-order valence-electron chi connectivity index (χ1n) is 8.61. The van der Waals surface area contributed by atoms with E-state index in [1.165, 1.54) is 24.0 Å². The van der Waals surface area contributed by atoms with Crippen LogP contribution >= 0.6 is 0 Å². The Morgan fingerprint density at radius 3 is 2.56 bits per heavy atom. The van der Waals surface area contributed by atoms with Gasteiger partial charge in [-0.05, 0) is 24.1 Å². The third kappa shape index (κ3) is 7.19. The number of nitrogens with zero attached hydrogens (tertiary/aromatic N) is 2. The number of benzene rings is 1. The Hall–Kier alpha value is -1.99. The van der Waals surface area contributed by atoms with Crippen LogP contribution in [0.5, 0.6) is 0 Å². The summed E-state index contributed by atoms with van der Waals surface area (Å²) in [5, 5.41) is 2.86. The largest absolute Gasteiger partial charge is 0.379 e. The van der Waals surface area contributed by atoms with E-state index in [1.54, 1.807) is 12.1 Å². The summed E-state index contributed by atoms with van der Waals surface area (Å²) >= 11 is 0. The number of nitrogens with one attached hydrogen (secondary N) is 1. The molecule has 1 saturated heterocycles. The molecule has 1 fully saturated rings. The van der Waals surface area contributed by atoms with Crippen molar-refractivity contribution in [3.05, 3.63) is 35.6 Å². The molecule has 0 bridgehead atoms. The van der Waals surface area contributed by atoms with E-state index in [4.69, 9.17) is 4.74 Å². The van der Waals surface area contributed by atoms with Gasteiger partial charge in [-0.3, -0.25) is 14.5 Å². The van der Waals surface area contributed by atoms with Gasteiger partial charge in [0.05, 0.1) is 19.8 Å². The van der Waals surface area contributed by atoms with Crippen LogP contribution in [-0.2, 0) is 20.7 Å². The first-order chi connectivity index (χ1) is 12.0. The summed E-state index contributed by atoms with van der Waals surface area (Å²) in [6.45, 7) is 6.49. The number of morpholine rings is 1. The monoisotopic (exact) mass is 351 g/mol. The van der Waals surface area contributed by atoms with Gasteiger partial charge in [0.2, 0.25) is 11.8 Å². The van der Waals surface area contributed by atoms with Crippen LogP contribution in [-0.4, -0.2) is 74.1 Å². The Morgan fingerprint density at radius 1 is 1.24 bits per heavy atom. The van der Waals surface area contributed by atoms with E-state index in [9.17, 15) is 14.0 Å². The quantitative estimate of drug-likeness (QED) is 0.748. The molecule has 138 valence electrons. The molecule has 1 aromatic rings. The van der Waals surface area contributed by atoms with Crippen molar-refractivity contribution in [2.75, 3.05) is 52.5 Å². The number of hydrogen-bond acceptors (Lipinski definition) is 4. The highest BCUT2D eigenvalue weighted by atomic mass is 19.1. The van der Waals surface area contributed by atoms with E-state index in [-0.39, 0.29) is 24.2 Å². The topological polar surface area (TPSA) is 61.9 Å². The molecule has 1 aliphatic rings. The van der Waals surface area contributed by atoms with Crippen LogP contribution in [0.1, 0.15) is 12.5 Å². The molecular weight excluding hydrogens is 325 g/mol. The molecule has 1 heterocycles. The number of rotatable bonds is 8. The maximum atomic E-state index is 12.9. The van der Waals surface area contributed by atoms with Gasteiger partial charge in [-0.15, -0.1) is 0 Å². The number of halogens is 1. The van der Waals surface area contributed by atoms with E-state index in [1.807, 2.05) is 0 Å². The molecule has 0 radical (unpaired) electrons. The zero-order valence-corrected chi connectivity index (χ0v) is 14.7. The standard InChI is InChI=1S/C18H26FN3O3/c1-15(23)22(8-6-16-2-4-17(19)5-3-16)14-18(24)20-7-9-21-10-12-25-13-11-21/h2-5H,6-14H2,1H3,(H,20,24). The lowest BCUT2D eigenvalue weighted by atomic mass is 10.1. The van der Waals surface area contributed by atoms with Crippen molar-refractivity contribution in [1.29, 1.82) is 0 Å². The normalized spacial score (nSPS) is 15.0. The zero-order chi connectivity index (χ0) is 18.1. The predicted octanol–water partition coefficient (Wildman–Crippen LogP) is 0.665. The molecule has 0 aromatic heterocycles. The number of carbonyl (C=O) groups excluding carboxylic acids is 2.